The number of alkyl halides is 2. The van der Waals surface area contributed by atoms with Crippen LogP contribution in [0.4, 0.5) is 20.3 Å². The van der Waals surface area contributed by atoms with Gasteiger partial charge in [0, 0.05) is 40.8 Å². The van der Waals surface area contributed by atoms with Crippen molar-refractivity contribution in [3.63, 3.8) is 0 Å². The fourth-order valence-corrected chi connectivity index (χ4v) is 3.93. The van der Waals surface area contributed by atoms with Gasteiger partial charge < -0.3 is 10.2 Å². The van der Waals surface area contributed by atoms with E-state index in [4.69, 9.17) is 0 Å². The van der Waals surface area contributed by atoms with Crippen molar-refractivity contribution in [2.75, 3.05) is 18.4 Å². The molecule has 0 unspecified atom stereocenters. The molecule has 1 fully saturated rings. The number of hydrogen-bond acceptors (Lipinski definition) is 6. The molecule has 0 radical (unpaired) electrons. The van der Waals surface area contributed by atoms with E-state index in [2.05, 4.69) is 30.6 Å². The van der Waals surface area contributed by atoms with Crippen LogP contribution in [-0.2, 0) is 0 Å². The second-order valence-electron chi connectivity index (χ2n) is 8.30. The van der Waals surface area contributed by atoms with Gasteiger partial charge in [0.05, 0.1) is 24.8 Å². The summed E-state index contributed by atoms with van der Waals surface area (Å²) in [4.78, 5) is 22.4. The quantitative estimate of drug-likeness (QED) is 0.400. The number of carbonyl (C=O) groups excluding carboxylic acids is 1. The number of rotatable bonds is 5. The highest BCUT2D eigenvalue weighted by Crippen LogP contribution is 2.29. The van der Waals surface area contributed by atoms with Crippen LogP contribution in [-0.4, -0.2) is 59.8 Å². The van der Waals surface area contributed by atoms with E-state index in [0.29, 0.717) is 28.2 Å². The van der Waals surface area contributed by atoms with Crippen molar-refractivity contribution in [2.24, 2.45) is 0 Å². The maximum atomic E-state index is 13.1. The van der Waals surface area contributed by atoms with Crippen LogP contribution in [0.3, 0.4) is 0 Å². The first-order chi connectivity index (χ1) is 16.9. The van der Waals surface area contributed by atoms with E-state index in [-0.39, 0.29) is 0 Å². The predicted molar refractivity (Wildman–Crippen MR) is 125 cm³/mol. The number of aromatic nitrogens is 6. The lowest BCUT2D eigenvalue weighted by atomic mass is 10.1. The number of anilines is 2. The van der Waals surface area contributed by atoms with E-state index in [1.807, 2.05) is 30.5 Å². The number of nitrogens with zero attached hydrogens (tertiary/aromatic N) is 6. The summed E-state index contributed by atoms with van der Waals surface area (Å²) in [6, 6.07) is 14.5. The first-order valence-electron chi connectivity index (χ1n) is 10.8. The molecule has 35 heavy (non-hydrogen) atoms. The normalized spacial score (nSPS) is 14.6. The van der Waals surface area contributed by atoms with Gasteiger partial charge in [-0.05, 0) is 42.0 Å². The number of carbonyl (C=O) groups is 1. The highest BCUT2D eigenvalue weighted by atomic mass is 19.3. The fourth-order valence-electron chi connectivity index (χ4n) is 3.93. The first kappa shape index (κ1) is 20.9. The molecule has 9 nitrogen and oxygen atoms in total. The Kier molecular flexibility index (Phi) is 4.76. The highest BCUT2D eigenvalue weighted by Gasteiger charge is 2.46. The second kappa shape index (κ2) is 7.97. The summed E-state index contributed by atoms with van der Waals surface area (Å²) >= 11 is 0. The molecule has 6 rings (SSSR count). The SMILES string of the molecule is O=C(c1ccc2nn(-c3nccc(Nc4ccc(-c5cn[nH]c5)cc4)n3)cc2c1)N1CC(F)(F)C1. The predicted octanol–water partition coefficient (Wildman–Crippen LogP) is 4.04. The molecule has 1 amide bonds. The minimum atomic E-state index is -2.80. The molecule has 1 aliphatic heterocycles. The molecule has 1 aliphatic rings. The van der Waals surface area contributed by atoms with Crippen molar-refractivity contribution in [3.8, 4) is 17.1 Å². The number of nitrogens with one attached hydrogen (secondary N) is 2. The average molecular weight is 472 g/mol. The molecule has 0 aliphatic carbocycles. The highest BCUT2D eigenvalue weighted by molar-refractivity contribution is 5.98. The van der Waals surface area contributed by atoms with Crippen LogP contribution in [0, 0.1) is 0 Å². The van der Waals surface area contributed by atoms with Crippen molar-refractivity contribution >= 4 is 28.3 Å². The summed E-state index contributed by atoms with van der Waals surface area (Å²) in [5.41, 5.74) is 3.86. The van der Waals surface area contributed by atoms with Gasteiger partial charge in [-0.15, -0.1) is 0 Å². The Morgan fingerprint density at radius 3 is 2.63 bits per heavy atom. The van der Waals surface area contributed by atoms with Gasteiger partial charge in [0.1, 0.15) is 5.82 Å². The smallest absolute Gasteiger partial charge is 0.282 e. The fraction of sp³-hybridized carbons (Fsp3) is 0.125. The molecule has 5 aromatic rings. The second-order valence-corrected chi connectivity index (χ2v) is 8.30. The van der Waals surface area contributed by atoms with Crippen LogP contribution >= 0.6 is 0 Å². The first-order valence-corrected chi connectivity index (χ1v) is 10.8. The third-order valence-electron chi connectivity index (χ3n) is 5.72. The van der Waals surface area contributed by atoms with Gasteiger partial charge in [0.25, 0.3) is 17.8 Å². The van der Waals surface area contributed by atoms with Crippen molar-refractivity contribution in [3.05, 3.63) is 78.9 Å². The molecule has 4 heterocycles. The van der Waals surface area contributed by atoms with Crippen molar-refractivity contribution in [2.45, 2.75) is 5.92 Å². The van der Waals surface area contributed by atoms with Crippen LogP contribution in [0.5, 0.6) is 0 Å². The summed E-state index contributed by atoms with van der Waals surface area (Å²) in [7, 11) is 0. The van der Waals surface area contributed by atoms with Gasteiger partial charge in [0.2, 0.25) is 0 Å². The van der Waals surface area contributed by atoms with E-state index in [1.165, 1.54) is 4.68 Å². The molecule has 0 saturated carbocycles. The average Bonchev–Trinajstić information content (AvgIpc) is 3.52. The zero-order valence-electron chi connectivity index (χ0n) is 18.2. The third-order valence-corrected chi connectivity index (χ3v) is 5.72. The summed E-state index contributed by atoms with van der Waals surface area (Å²) < 4.78 is 27.8. The van der Waals surface area contributed by atoms with Crippen molar-refractivity contribution in [1.82, 2.24) is 34.8 Å². The van der Waals surface area contributed by atoms with Crippen molar-refractivity contribution in [1.29, 1.82) is 0 Å². The maximum absolute atomic E-state index is 13.1. The number of halogens is 2. The Balaban J connectivity index is 1.21. The number of H-pyrrole nitrogens is 1. The number of hydrogen-bond donors (Lipinski definition) is 2. The lowest BCUT2D eigenvalue weighted by molar-refractivity contribution is -0.113. The minimum Gasteiger partial charge on any atom is -0.340 e. The lowest BCUT2D eigenvalue weighted by Gasteiger charge is -2.38. The summed E-state index contributed by atoms with van der Waals surface area (Å²) in [5.74, 6) is -2.30. The van der Waals surface area contributed by atoms with Gasteiger partial charge in [0.15, 0.2) is 0 Å². The van der Waals surface area contributed by atoms with E-state index in [9.17, 15) is 13.6 Å². The number of aromatic amines is 1. The number of benzene rings is 2. The van der Waals surface area contributed by atoms with Gasteiger partial charge in [-0.25, -0.2) is 18.4 Å². The maximum Gasteiger partial charge on any atom is 0.282 e. The van der Waals surface area contributed by atoms with Crippen LogP contribution < -0.4 is 5.32 Å². The van der Waals surface area contributed by atoms with Gasteiger partial charge in [-0.3, -0.25) is 9.89 Å². The van der Waals surface area contributed by atoms with Crippen molar-refractivity contribution < 1.29 is 13.6 Å². The molecule has 1 saturated heterocycles. The molecule has 3 aromatic heterocycles. The Labute approximate surface area is 197 Å². The molecule has 174 valence electrons. The Morgan fingerprint density at radius 1 is 1.06 bits per heavy atom. The van der Waals surface area contributed by atoms with E-state index < -0.39 is 24.9 Å². The third kappa shape index (κ3) is 4.07. The van der Waals surface area contributed by atoms with Crippen LogP contribution in [0.2, 0.25) is 0 Å². The van der Waals surface area contributed by atoms with E-state index >= 15 is 0 Å². The number of fused-ring (bicyclic) bond motifs is 1. The summed E-state index contributed by atoms with van der Waals surface area (Å²) in [6.45, 7) is -1.11. The van der Waals surface area contributed by atoms with E-state index in [1.54, 1.807) is 42.9 Å². The molecular formula is C24H18F2N8O. The monoisotopic (exact) mass is 472 g/mol. The standard InChI is InChI=1S/C24H18F2N8O/c25-24(26)13-33(14-24)22(35)16-3-6-20-17(9-16)12-34(32-20)23-27-8-7-21(31-23)30-19-4-1-15(2-5-19)18-10-28-29-11-18/h1-12H,13-14H2,(H,28,29)(H,27,30,31). The van der Waals surface area contributed by atoms with Gasteiger partial charge in [-0.2, -0.15) is 15.2 Å². The zero-order chi connectivity index (χ0) is 24.0. The zero-order valence-corrected chi connectivity index (χ0v) is 18.2. The number of likely N-dealkylation sites (tertiary alicyclic amines) is 1. The van der Waals surface area contributed by atoms with Gasteiger partial charge in [-0.1, -0.05) is 12.1 Å². The Morgan fingerprint density at radius 2 is 1.89 bits per heavy atom. The molecule has 0 bridgehead atoms. The number of amides is 1. The molecule has 2 aromatic carbocycles. The lowest BCUT2D eigenvalue weighted by Crippen LogP contribution is -2.58. The molecule has 2 N–H and O–H groups in total. The van der Waals surface area contributed by atoms with Crippen LogP contribution in [0.1, 0.15) is 10.4 Å². The summed E-state index contributed by atoms with van der Waals surface area (Å²) in [6.07, 6.45) is 6.91. The largest absolute Gasteiger partial charge is 0.340 e. The topological polar surface area (TPSA) is 105 Å². The Bertz CT molecular complexity index is 1520. The molecule has 0 atom stereocenters. The summed E-state index contributed by atoms with van der Waals surface area (Å²) in [5, 5.41) is 15.2. The molecular weight excluding hydrogens is 454 g/mol. The molecule has 0 spiro atoms. The van der Waals surface area contributed by atoms with Gasteiger partial charge >= 0.3 is 0 Å². The minimum absolute atomic E-state index is 0.336. The van der Waals surface area contributed by atoms with E-state index in [0.717, 1.165) is 21.7 Å². The molecule has 11 heteroatoms. The van der Waals surface area contributed by atoms with Crippen LogP contribution in [0.15, 0.2) is 73.3 Å². The van der Waals surface area contributed by atoms with Crippen LogP contribution in [0.25, 0.3) is 28.0 Å². The Hall–Kier alpha value is -4.67.